The summed E-state index contributed by atoms with van der Waals surface area (Å²) in [6.07, 6.45) is 3.07. The molecule has 0 aliphatic carbocycles. The molecular formula is C15H27N3O. The number of ether oxygens (including phenoxy) is 1. The van der Waals surface area contributed by atoms with Crippen molar-refractivity contribution in [3.63, 3.8) is 0 Å². The van der Waals surface area contributed by atoms with Crippen LogP contribution in [0, 0.1) is 0 Å². The van der Waals surface area contributed by atoms with Gasteiger partial charge >= 0.3 is 0 Å². The summed E-state index contributed by atoms with van der Waals surface area (Å²) in [7, 11) is 1.74. The number of hydrogen-bond donors (Lipinski definition) is 1. The van der Waals surface area contributed by atoms with Gasteiger partial charge in [-0.05, 0) is 31.9 Å². The minimum absolute atomic E-state index is 0.507. The summed E-state index contributed by atoms with van der Waals surface area (Å²) >= 11 is 0. The van der Waals surface area contributed by atoms with Crippen LogP contribution >= 0.6 is 0 Å². The SMILES string of the molecule is CCCNc1ccc(CN(CCOC)C(C)C)cn1. The van der Waals surface area contributed by atoms with Crippen LogP contribution in [0.1, 0.15) is 32.8 Å². The van der Waals surface area contributed by atoms with E-state index in [1.54, 1.807) is 7.11 Å². The highest BCUT2D eigenvalue weighted by molar-refractivity contribution is 5.35. The first-order valence-electron chi connectivity index (χ1n) is 7.09. The predicted octanol–water partition coefficient (Wildman–Crippen LogP) is 2.76. The first-order chi connectivity index (χ1) is 9.17. The first kappa shape index (κ1) is 15.9. The number of aromatic nitrogens is 1. The molecule has 0 aliphatic rings. The molecule has 0 aromatic carbocycles. The summed E-state index contributed by atoms with van der Waals surface area (Å²) in [6.45, 7) is 10.2. The zero-order valence-corrected chi connectivity index (χ0v) is 12.6. The normalized spacial score (nSPS) is 11.3. The van der Waals surface area contributed by atoms with Crippen LogP contribution in [0.25, 0.3) is 0 Å². The van der Waals surface area contributed by atoms with E-state index < -0.39 is 0 Å². The van der Waals surface area contributed by atoms with Crippen LogP contribution in [0.15, 0.2) is 18.3 Å². The molecule has 0 atom stereocenters. The Bertz CT molecular complexity index is 338. The van der Waals surface area contributed by atoms with Crippen LogP contribution in [0.5, 0.6) is 0 Å². The van der Waals surface area contributed by atoms with Gasteiger partial charge in [-0.2, -0.15) is 0 Å². The molecule has 0 fully saturated rings. The third-order valence-corrected chi connectivity index (χ3v) is 3.08. The second-order valence-electron chi connectivity index (χ2n) is 5.04. The molecule has 4 nitrogen and oxygen atoms in total. The largest absolute Gasteiger partial charge is 0.383 e. The number of pyridine rings is 1. The molecule has 0 saturated carbocycles. The quantitative estimate of drug-likeness (QED) is 0.745. The van der Waals surface area contributed by atoms with Gasteiger partial charge in [-0.25, -0.2) is 4.98 Å². The van der Waals surface area contributed by atoms with E-state index in [0.717, 1.165) is 38.5 Å². The third-order valence-electron chi connectivity index (χ3n) is 3.08. The molecule has 108 valence electrons. The van der Waals surface area contributed by atoms with Crippen molar-refractivity contribution < 1.29 is 4.74 Å². The average molecular weight is 265 g/mol. The van der Waals surface area contributed by atoms with Crippen molar-refractivity contribution in [2.45, 2.75) is 39.8 Å². The highest BCUT2D eigenvalue weighted by Gasteiger charge is 2.09. The molecule has 1 aromatic heterocycles. The zero-order valence-electron chi connectivity index (χ0n) is 12.6. The summed E-state index contributed by atoms with van der Waals surface area (Å²) in [5.41, 5.74) is 1.24. The summed E-state index contributed by atoms with van der Waals surface area (Å²) in [6, 6.07) is 4.71. The molecule has 1 rings (SSSR count). The van der Waals surface area contributed by atoms with Crippen molar-refractivity contribution in [2.75, 3.05) is 32.1 Å². The Morgan fingerprint density at radius 1 is 1.37 bits per heavy atom. The molecule has 0 unspecified atom stereocenters. The van der Waals surface area contributed by atoms with E-state index in [-0.39, 0.29) is 0 Å². The number of nitrogens with one attached hydrogen (secondary N) is 1. The lowest BCUT2D eigenvalue weighted by molar-refractivity contribution is 0.125. The van der Waals surface area contributed by atoms with Crippen LogP contribution in [0.4, 0.5) is 5.82 Å². The minimum atomic E-state index is 0.507. The minimum Gasteiger partial charge on any atom is -0.383 e. The fourth-order valence-electron chi connectivity index (χ4n) is 1.84. The van der Waals surface area contributed by atoms with Gasteiger partial charge in [0.15, 0.2) is 0 Å². The van der Waals surface area contributed by atoms with Gasteiger partial charge in [-0.1, -0.05) is 13.0 Å². The first-order valence-corrected chi connectivity index (χ1v) is 7.09. The van der Waals surface area contributed by atoms with Crippen molar-refractivity contribution in [3.05, 3.63) is 23.9 Å². The number of hydrogen-bond acceptors (Lipinski definition) is 4. The molecule has 1 heterocycles. The van der Waals surface area contributed by atoms with Crippen LogP contribution < -0.4 is 5.32 Å². The Labute approximate surface area is 117 Å². The van der Waals surface area contributed by atoms with Crippen molar-refractivity contribution in [1.29, 1.82) is 0 Å². The Morgan fingerprint density at radius 2 is 2.16 bits per heavy atom. The van der Waals surface area contributed by atoms with Gasteiger partial charge in [0.05, 0.1) is 6.61 Å². The number of rotatable bonds is 9. The molecule has 0 aliphatic heterocycles. The standard InChI is InChI=1S/C15H27N3O/c1-5-8-16-15-7-6-14(11-17-15)12-18(13(2)3)9-10-19-4/h6-7,11,13H,5,8-10,12H2,1-4H3,(H,16,17). The number of methoxy groups -OCH3 is 1. The molecule has 0 amide bonds. The van der Waals surface area contributed by atoms with Gasteiger partial charge in [0.2, 0.25) is 0 Å². The van der Waals surface area contributed by atoms with Crippen molar-refractivity contribution >= 4 is 5.82 Å². The summed E-state index contributed by atoms with van der Waals surface area (Å²) < 4.78 is 5.16. The molecule has 0 radical (unpaired) electrons. The maximum absolute atomic E-state index is 5.16. The van der Waals surface area contributed by atoms with E-state index in [2.05, 4.69) is 48.1 Å². The molecule has 4 heteroatoms. The molecule has 0 spiro atoms. The molecule has 0 bridgehead atoms. The van der Waals surface area contributed by atoms with E-state index in [9.17, 15) is 0 Å². The molecule has 1 N–H and O–H groups in total. The van der Waals surface area contributed by atoms with Gasteiger partial charge in [0.25, 0.3) is 0 Å². The third kappa shape index (κ3) is 6.03. The summed E-state index contributed by atoms with van der Waals surface area (Å²) in [4.78, 5) is 6.83. The monoisotopic (exact) mass is 265 g/mol. The lowest BCUT2D eigenvalue weighted by Crippen LogP contribution is -2.33. The second kappa shape index (κ2) is 8.88. The Balaban J connectivity index is 2.54. The van der Waals surface area contributed by atoms with E-state index >= 15 is 0 Å². The average Bonchev–Trinajstić information content (AvgIpc) is 2.42. The smallest absolute Gasteiger partial charge is 0.125 e. The number of anilines is 1. The zero-order chi connectivity index (χ0) is 14.1. The summed E-state index contributed by atoms with van der Waals surface area (Å²) in [5.74, 6) is 0.957. The number of nitrogens with zero attached hydrogens (tertiary/aromatic N) is 2. The van der Waals surface area contributed by atoms with Crippen LogP contribution in [0.2, 0.25) is 0 Å². The topological polar surface area (TPSA) is 37.4 Å². The summed E-state index contributed by atoms with van der Waals surface area (Å²) in [5, 5.41) is 3.29. The van der Waals surface area contributed by atoms with Crippen LogP contribution in [-0.4, -0.2) is 42.7 Å². The second-order valence-corrected chi connectivity index (χ2v) is 5.04. The lowest BCUT2D eigenvalue weighted by Gasteiger charge is -2.26. The molecule has 19 heavy (non-hydrogen) atoms. The van der Waals surface area contributed by atoms with Gasteiger partial charge in [-0.3, -0.25) is 4.90 Å². The molecule has 0 saturated heterocycles. The van der Waals surface area contributed by atoms with Crippen molar-refractivity contribution in [1.82, 2.24) is 9.88 Å². The highest BCUT2D eigenvalue weighted by atomic mass is 16.5. The van der Waals surface area contributed by atoms with Gasteiger partial charge < -0.3 is 10.1 Å². The van der Waals surface area contributed by atoms with Crippen molar-refractivity contribution in [2.24, 2.45) is 0 Å². The molecule has 1 aromatic rings. The van der Waals surface area contributed by atoms with Gasteiger partial charge in [0.1, 0.15) is 5.82 Å². The Morgan fingerprint density at radius 3 is 2.68 bits per heavy atom. The van der Waals surface area contributed by atoms with E-state index in [1.165, 1.54) is 5.56 Å². The Kier molecular flexibility index (Phi) is 7.45. The highest BCUT2D eigenvalue weighted by Crippen LogP contribution is 2.10. The molecular weight excluding hydrogens is 238 g/mol. The van der Waals surface area contributed by atoms with Crippen molar-refractivity contribution in [3.8, 4) is 0 Å². The van der Waals surface area contributed by atoms with Gasteiger partial charge in [0, 0.05) is 39.0 Å². The maximum Gasteiger partial charge on any atom is 0.125 e. The maximum atomic E-state index is 5.16. The van der Waals surface area contributed by atoms with Crippen LogP contribution in [-0.2, 0) is 11.3 Å². The fraction of sp³-hybridized carbons (Fsp3) is 0.667. The van der Waals surface area contributed by atoms with E-state index in [1.807, 2.05) is 6.20 Å². The predicted molar refractivity (Wildman–Crippen MR) is 80.4 cm³/mol. The fourth-order valence-corrected chi connectivity index (χ4v) is 1.84. The lowest BCUT2D eigenvalue weighted by atomic mass is 10.2. The van der Waals surface area contributed by atoms with Gasteiger partial charge in [-0.15, -0.1) is 0 Å². The van der Waals surface area contributed by atoms with E-state index in [4.69, 9.17) is 4.74 Å². The van der Waals surface area contributed by atoms with E-state index in [0.29, 0.717) is 6.04 Å². The Hall–Kier alpha value is -1.13. The van der Waals surface area contributed by atoms with Crippen LogP contribution in [0.3, 0.4) is 0 Å².